The molecule has 4 heterocycles. The lowest BCUT2D eigenvalue weighted by atomic mass is 9.81. The zero-order valence-corrected chi connectivity index (χ0v) is 30.0. The molecule has 4 atom stereocenters. The molecule has 13 heteroatoms. The van der Waals surface area contributed by atoms with Gasteiger partial charge in [0.05, 0.1) is 18.2 Å². The maximum Gasteiger partial charge on any atom is 0.312 e. The van der Waals surface area contributed by atoms with E-state index in [1.807, 2.05) is 18.2 Å². The Bertz CT molecular complexity index is 1990. The number of hydrogen-bond acceptors (Lipinski definition) is 7. The first kappa shape index (κ1) is 33.2. The van der Waals surface area contributed by atoms with Crippen molar-refractivity contribution in [2.75, 3.05) is 41.3 Å². The molecule has 0 spiro atoms. The van der Waals surface area contributed by atoms with Gasteiger partial charge < -0.3 is 24.4 Å². The van der Waals surface area contributed by atoms with Crippen LogP contribution in [0.1, 0.15) is 74.5 Å². The van der Waals surface area contributed by atoms with Gasteiger partial charge in [0.2, 0.25) is 0 Å². The number of methoxy groups -OCH3 is 1. The Morgan fingerprint density at radius 3 is 2.40 bits per heavy atom. The van der Waals surface area contributed by atoms with Crippen molar-refractivity contribution in [1.29, 1.82) is 0 Å². The fourth-order valence-corrected chi connectivity index (χ4v) is 9.98. The molecular weight excluding hydrogens is 657 g/mol. The summed E-state index contributed by atoms with van der Waals surface area (Å²) in [5.74, 6) is -1.02. The highest BCUT2D eigenvalue weighted by atomic mass is 32.2. The molecule has 50 heavy (non-hydrogen) atoms. The van der Waals surface area contributed by atoms with E-state index in [4.69, 9.17) is 4.74 Å². The van der Waals surface area contributed by atoms with Gasteiger partial charge in [-0.25, -0.2) is 4.72 Å². The third-order valence-corrected chi connectivity index (χ3v) is 13.2. The second-order valence-electron chi connectivity index (χ2n) is 15.0. The molecule has 3 unspecified atom stereocenters. The van der Waals surface area contributed by atoms with Crippen molar-refractivity contribution in [1.82, 2.24) is 28.7 Å². The van der Waals surface area contributed by atoms with Gasteiger partial charge in [0.25, 0.3) is 5.91 Å². The lowest BCUT2D eigenvalue weighted by molar-refractivity contribution is -0.150. The minimum atomic E-state index is -4.02. The number of ether oxygens (including phenoxy) is 1. The summed E-state index contributed by atoms with van der Waals surface area (Å²) in [6.45, 7) is 1.90. The Kier molecular flexibility index (Phi) is 8.22. The van der Waals surface area contributed by atoms with Crippen molar-refractivity contribution >= 4 is 38.8 Å². The van der Waals surface area contributed by atoms with Gasteiger partial charge in [0, 0.05) is 68.9 Å². The summed E-state index contributed by atoms with van der Waals surface area (Å²) in [5.41, 5.74) is 6.00. The average Bonchev–Trinajstić information content (AvgIpc) is 3.63. The van der Waals surface area contributed by atoms with Crippen LogP contribution in [-0.4, -0.2) is 104 Å². The van der Waals surface area contributed by atoms with Crippen LogP contribution in [-0.2, 0) is 31.1 Å². The predicted molar refractivity (Wildman–Crippen MR) is 189 cm³/mol. The Morgan fingerprint density at radius 1 is 1.00 bits per heavy atom. The fourth-order valence-electron chi connectivity index (χ4n) is 9.46. The number of amides is 3. The van der Waals surface area contributed by atoms with E-state index in [2.05, 4.69) is 38.7 Å². The van der Waals surface area contributed by atoms with E-state index in [0.29, 0.717) is 24.5 Å². The molecule has 3 aliphatic carbocycles. The summed E-state index contributed by atoms with van der Waals surface area (Å²) < 4.78 is 36.8. The predicted octanol–water partition coefficient (Wildman–Crippen LogP) is 3.07. The summed E-state index contributed by atoms with van der Waals surface area (Å²) in [4.78, 5) is 45.3. The number of likely N-dealkylation sites (N-methyl/N-ethyl adjacent to an activating group) is 1. The second-order valence-corrected chi connectivity index (χ2v) is 16.9. The van der Waals surface area contributed by atoms with E-state index >= 15 is 0 Å². The van der Waals surface area contributed by atoms with Crippen LogP contribution in [0, 0.1) is 0 Å². The number of carbonyl (C=O) groups is 3. The van der Waals surface area contributed by atoms with Crippen LogP contribution in [0.25, 0.3) is 10.9 Å². The lowest BCUT2D eigenvalue weighted by Crippen LogP contribution is -2.58. The van der Waals surface area contributed by atoms with Gasteiger partial charge >= 0.3 is 22.0 Å². The van der Waals surface area contributed by atoms with Crippen molar-refractivity contribution in [3.05, 3.63) is 63.9 Å². The third-order valence-electron chi connectivity index (χ3n) is 11.8. The van der Waals surface area contributed by atoms with Gasteiger partial charge in [-0.3, -0.25) is 14.4 Å². The highest BCUT2D eigenvalue weighted by molar-refractivity contribution is 7.87. The second kappa shape index (κ2) is 12.4. The molecule has 2 N–H and O–H groups in total. The van der Waals surface area contributed by atoms with Gasteiger partial charge in [-0.05, 0) is 79.5 Å². The fraction of sp³-hybridized carbons (Fsp3) is 0.541. The summed E-state index contributed by atoms with van der Waals surface area (Å²) in [6, 6.07) is 5.97. The summed E-state index contributed by atoms with van der Waals surface area (Å²) in [5, 5.41) is 4.13. The zero-order chi connectivity index (χ0) is 35.1. The molecular formula is C37H46N6O6S. The van der Waals surface area contributed by atoms with E-state index in [-0.39, 0.29) is 18.0 Å². The lowest BCUT2D eigenvalue weighted by Gasteiger charge is -2.39. The molecule has 1 saturated carbocycles. The van der Waals surface area contributed by atoms with Gasteiger partial charge in [-0.2, -0.15) is 12.7 Å². The first-order valence-electron chi connectivity index (χ1n) is 17.9. The number of fused-ring (bicyclic) bond motifs is 8. The minimum Gasteiger partial charge on any atom is -0.496 e. The Morgan fingerprint density at radius 2 is 1.72 bits per heavy atom. The maximum atomic E-state index is 13.9. The molecule has 1 aromatic carbocycles. The average molecular weight is 703 g/mol. The Hall–Kier alpha value is -3.94. The summed E-state index contributed by atoms with van der Waals surface area (Å²) in [6.07, 6.45) is 12.0. The van der Waals surface area contributed by atoms with Crippen LogP contribution in [0.3, 0.4) is 0 Å². The first-order valence-corrected chi connectivity index (χ1v) is 19.3. The molecule has 6 aliphatic rings. The van der Waals surface area contributed by atoms with Gasteiger partial charge in [0.15, 0.2) is 0 Å². The number of nitrogens with one attached hydrogen (secondary N) is 2. The number of benzene rings is 1. The van der Waals surface area contributed by atoms with E-state index in [1.54, 1.807) is 12.0 Å². The highest BCUT2D eigenvalue weighted by Gasteiger charge is 2.48. The standard InChI is InChI=1S/C37H46N6O6S/c1-40(2)50(47,48)39-35(44)33-27-20-42-29(17-26-30(49-4)16-15-24(34(26)42)21-9-6-5-7-10-21)32-25(31(27)33)11-8-12-28(32)38-36(45)37(46)43-22-13-14-23(43)19-41(3)18-22/h8,11,15-17,21-23,28,32H,5-7,9-10,12-14,18-20H2,1-4H3,(H,38,45)(H,39,44)/t22?,23?,28-,32?/m1/s1. The van der Waals surface area contributed by atoms with Crippen LogP contribution >= 0.6 is 0 Å². The highest BCUT2D eigenvalue weighted by Crippen LogP contribution is 2.54. The minimum absolute atomic E-state index is 0.0322. The number of likely N-dealkylation sites (tertiary alicyclic amines) is 1. The molecule has 3 amide bonds. The molecule has 1 aromatic heterocycles. The van der Waals surface area contributed by atoms with Gasteiger partial charge in [-0.15, -0.1) is 0 Å². The number of hydrogen-bond donors (Lipinski definition) is 2. The van der Waals surface area contributed by atoms with Crippen molar-refractivity contribution in [3.8, 4) is 5.75 Å². The van der Waals surface area contributed by atoms with Gasteiger partial charge in [0.1, 0.15) is 5.75 Å². The van der Waals surface area contributed by atoms with Crippen LogP contribution in [0.15, 0.2) is 52.6 Å². The van der Waals surface area contributed by atoms with E-state index < -0.39 is 34.0 Å². The van der Waals surface area contributed by atoms with Crippen molar-refractivity contribution in [3.63, 3.8) is 0 Å². The normalized spacial score (nSPS) is 26.5. The third kappa shape index (κ3) is 5.39. The number of nitrogens with zero attached hydrogens (tertiary/aromatic N) is 4. The molecule has 266 valence electrons. The Balaban J connectivity index is 1.23. The molecule has 8 rings (SSSR count). The number of piperazine rings is 1. The number of aromatic nitrogens is 1. The number of allylic oxidation sites excluding steroid dienone is 2. The monoisotopic (exact) mass is 702 g/mol. The quantitative estimate of drug-likeness (QED) is 0.443. The summed E-state index contributed by atoms with van der Waals surface area (Å²) in [7, 11) is 2.46. The molecule has 2 saturated heterocycles. The topological polar surface area (TPSA) is 133 Å². The molecule has 12 nitrogen and oxygen atoms in total. The molecule has 2 aromatic rings. The van der Waals surface area contributed by atoms with E-state index in [0.717, 1.165) is 82.1 Å². The molecule has 2 bridgehead atoms. The van der Waals surface area contributed by atoms with Crippen molar-refractivity contribution < 1.29 is 27.5 Å². The Labute approximate surface area is 293 Å². The SMILES string of the molecule is COc1ccc(C2CCCCC2)c2c1cc1n2CC2=C(C(=O)NS(=O)(=O)N(C)C)C2=C2C=CC[C@@H](NC(=O)C(=O)N3C4CCC3CN(C)C4)C21. The van der Waals surface area contributed by atoms with E-state index in [9.17, 15) is 22.8 Å². The van der Waals surface area contributed by atoms with Crippen LogP contribution < -0.4 is 14.8 Å². The van der Waals surface area contributed by atoms with Crippen molar-refractivity contribution in [2.24, 2.45) is 0 Å². The number of carbonyl (C=O) groups excluding carboxylic acids is 3. The number of rotatable bonds is 6. The largest absolute Gasteiger partial charge is 0.496 e. The maximum absolute atomic E-state index is 13.9. The van der Waals surface area contributed by atoms with E-state index in [1.165, 1.54) is 38.9 Å². The van der Waals surface area contributed by atoms with Crippen LogP contribution in [0.4, 0.5) is 0 Å². The zero-order valence-electron chi connectivity index (χ0n) is 29.2. The van der Waals surface area contributed by atoms with Gasteiger partial charge in [-0.1, -0.05) is 37.5 Å². The van der Waals surface area contributed by atoms with Crippen LogP contribution in [0.2, 0.25) is 0 Å². The smallest absolute Gasteiger partial charge is 0.312 e. The van der Waals surface area contributed by atoms with Crippen LogP contribution in [0.5, 0.6) is 5.75 Å². The molecule has 3 fully saturated rings. The molecule has 3 aliphatic heterocycles. The van der Waals surface area contributed by atoms with Crippen molar-refractivity contribution in [2.45, 2.75) is 87.9 Å². The first-order chi connectivity index (χ1) is 24.0. The molecule has 0 radical (unpaired) electrons. The summed E-state index contributed by atoms with van der Waals surface area (Å²) >= 11 is 0.